The van der Waals surface area contributed by atoms with Gasteiger partial charge < -0.3 is 19.4 Å². The van der Waals surface area contributed by atoms with Crippen LogP contribution in [0.5, 0.6) is 17.2 Å². The fraction of sp³-hybridized carbons (Fsp3) is 0.442. The number of hydrogen-bond donors (Lipinski definition) is 2. The fourth-order valence-corrected chi connectivity index (χ4v) is 11.5. The first kappa shape index (κ1) is 47.3. The number of nitro benzene ring substituents is 1. The van der Waals surface area contributed by atoms with Gasteiger partial charge in [0.25, 0.3) is 21.6 Å². The number of pyridine rings is 1. The van der Waals surface area contributed by atoms with Crippen LogP contribution in [0.1, 0.15) is 106 Å². The molecule has 9 rings (SSSR count). The SMILES string of the molecule is CC1(C)CCC(CN2CCN(c3ccc(C(=O)NS(=O)(=O)c4cc5c(c([N+](=O)[O-])c4)C[C@H](CCCC(=O)C4CCCCC4)CO5)c(Oc4cnc5[nH]ccc5c4)c3)CC2)=C(c2ccc(Cl)cc2)C1. The number of nitro groups is 1. The number of nitrogens with one attached hydrogen (secondary N) is 2. The van der Waals surface area contributed by atoms with Gasteiger partial charge in [-0.2, -0.15) is 0 Å². The molecule has 1 atom stereocenters. The van der Waals surface area contributed by atoms with Crippen LogP contribution in [0.25, 0.3) is 16.6 Å². The van der Waals surface area contributed by atoms with Gasteiger partial charge in [-0.25, -0.2) is 18.1 Å². The number of aromatic amines is 1. The van der Waals surface area contributed by atoms with Crippen LogP contribution in [0.2, 0.25) is 5.02 Å². The number of carbonyl (C=O) groups excluding carboxylic acids is 2. The van der Waals surface area contributed by atoms with E-state index < -0.39 is 31.4 Å². The fourth-order valence-electron chi connectivity index (χ4n) is 10.4. The van der Waals surface area contributed by atoms with Gasteiger partial charge in [-0.3, -0.25) is 24.6 Å². The van der Waals surface area contributed by atoms with E-state index in [1.165, 1.54) is 35.4 Å². The lowest BCUT2D eigenvalue weighted by Crippen LogP contribution is -2.47. The average molecular weight is 964 g/mol. The minimum absolute atomic E-state index is 0.0551. The Morgan fingerprint density at radius 3 is 2.56 bits per heavy atom. The van der Waals surface area contributed by atoms with E-state index in [0.29, 0.717) is 61.5 Å². The molecule has 1 amide bonds. The summed E-state index contributed by atoms with van der Waals surface area (Å²) in [6.07, 6.45) is 13.8. The summed E-state index contributed by atoms with van der Waals surface area (Å²) in [4.78, 5) is 50.4. The Hall–Kier alpha value is -5.77. The van der Waals surface area contributed by atoms with Crippen molar-refractivity contribution < 1.29 is 32.4 Å². The number of carbonyl (C=O) groups is 2. The molecule has 1 saturated heterocycles. The molecule has 4 aliphatic rings. The Kier molecular flexibility index (Phi) is 14.0. The standard InChI is InChI=1S/C52H59ClN6O8S/c1-52(2)19-17-38(45(30-52)35-11-13-39(53)14-12-35)32-57-21-23-58(24-22-57)40-15-16-43(49(27-40)67-41-26-37-18-20-54-50(37)55-31-41)51(61)56-68(64,65)42-28-46(59(62)63)44-25-34(33-66-48(44)29-42)7-6-10-47(60)36-8-4-3-5-9-36/h11-16,18,20,26-29,31,34,36H,3-10,17,19,21-25,30,32-33H2,1-2H3,(H,54,55)(H,56,61)/t34-/m0/s1. The van der Waals surface area contributed by atoms with E-state index in [0.717, 1.165) is 86.7 Å². The minimum atomic E-state index is -4.65. The summed E-state index contributed by atoms with van der Waals surface area (Å²) in [6, 6.07) is 19.1. The third-order valence-corrected chi connectivity index (χ3v) is 15.9. The first-order valence-corrected chi connectivity index (χ1v) is 25.8. The number of Topliss-reactive ketones (excluding diaryl/α,β-unsaturated/α-hetero) is 1. The maximum Gasteiger partial charge on any atom is 0.277 e. The van der Waals surface area contributed by atoms with Crippen LogP contribution >= 0.6 is 11.6 Å². The van der Waals surface area contributed by atoms with Crippen molar-refractivity contribution in [2.24, 2.45) is 17.3 Å². The lowest BCUT2D eigenvalue weighted by molar-refractivity contribution is -0.386. The molecule has 0 radical (unpaired) electrons. The molecule has 68 heavy (non-hydrogen) atoms. The Labute approximate surface area is 402 Å². The van der Waals surface area contributed by atoms with Crippen LogP contribution < -0.4 is 19.1 Å². The van der Waals surface area contributed by atoms with Gasteiger partial charge in [-0.05, 0) is 110 Å². The summed E-state index contributed by atoms with van der Waals surface area (Å²) in [5.41, 5.74) is 5.60. The minimum Gasteiger partial charge on any atom is -0.493 e. The number of sulfonamides is 1. The van der Waals surface area contributed by atoms with Gasteiger partial charge in [0, 0.05) is 85.6 Å². The number of anilines is 1. The Balaban J connectivity index is 0.907. The number of hydrogen-bond acceptors (Lipinski definition) is 11. The van der Waals surface area contributed by atoms with Gasteiger partial charge >= 0.3 is 0 Å². The molecule has 0 spiro atoms. The van der Waals surface area contributed by atoms with Crippen LogP contribution in [-0.2, 0) is 21.2 Å². The third-order valence-electron chi connectivity index (χ3n) is 14.3. The largest absolute Gasteiger partial charge is 0.493 e. The lowest BCUT2D eigenvalue weighted by atomic mass is 9.72. The Morgan fingerprint density at radius 2 is 1.79 bits per heavy atom. The van der Waals surface area contributed by atoms with Crippen molar-refractivity contribution >= 4 is 61.3 Å². The normalized spacial score (nSPS) is 19.0. The molecule has 4 heterocycles. The number of benzene rings is 3. The number of H-pyrrole nitrogens is 1. The maximum absolute atomic E-state index is 14.1. The van der Waals surface area contributed by atoms with Crippen molar-refractivity contribution in [3.05, 3.63) is 117 Å². The first-order chi connectivity index (χ1) is 32.7. The quantitative estimate of drug-likeness (QED) is 0.0754. The van der Waals surface area contributed by atoms with Crippen LogP contribution in [0.4, 0.5) is 11.4 Å². The zero-order chi connectivity index (χ0) is 47.6. The van der Waals surface area contributed by atoms with Crippen molar-refractivity contribution in [1.29, 1.82) is 0 Å². The van der Waals surface area contributed by atoms with Crippen LogP contribution in [0.3, 0.4) is 0 Å². The number of amides is 1. The number of aromatic nitrogens is 2. The summed E-state index contributed by atoms with van der Waals surface area (Å²) < 4.78 is 42.4. The van der Waals surface area contributed by atoms with E-state index in [1.807, 2.05) is 18.2 Å². The number of rotatable bonds is 15. The number of halogens is 1. The highest BCUT2D eigenvalue weighted by Gasteiger charge is 2.34. The van der Waals surface area contributed by atoms with Gasteiger partial charge in [0.05, 0.1) is 33.7 Å². The molecule has 1 saturated carbocycles. The van der Waals surface area contributed by atoms with Gasteiger partial charge in [0.1, 0.15) is 28.7 Å². The lowest BCUT2D eigenvalue weighted by Gasteiger charge is -2.39. The van der Waals surface area contributed by atoms with E-state index in [2.05, 4.69) is 50.5 Å². The summed E-state index contributed by atoms with van der Waals surface area (Å²) in [5.74, 6) is -0.0734. The van der Waals surface area contributed by atoms with E-state index in [-0.39, 0.29) is 40.9 Å². The molecule has 5 aromatic rings. The van der Waals surface area contributed by atoms with Gasteiger partial charge in [-0.1, -0.05) is 62.4 Å². The molecule has 2 N–H and O–H groups in total. The van der Waals surface area contributed by atoms with Crippen molar-refractivity contribution in [2.45, 2.75) is 95.8 Å². The molecule has 3 aromatic carbocycles. The van der Waals surface area contributed by atoms with E-state index in [4.69, 9.17) is 21.1 Å². The zero-order valence-corrected chi connectivity index (χ0v) is 40.3. The highest BCUT2D eigenvalue weighted by atomic mass is 35.5. The van der Waals surface area contributed by atoms with Gasteiger partial charge in [0.2, 0.25) is 0 Å². The molecule has 2 aliphatic carbocycles. The highest BCUT2D eigenvalue weighted by molar-refractivity contribution is 7.90. The first-order valence-electron chi connectivity index (χ1n) is 23.9. The second-order valence-electron chi connectivity index (χ2n) is 19.7. The summed E-state index contributed by atoms with van der Waals surface area (Å²) in [5, 5.41) is 13.9. The maximum atomic E-state index is 14.1. The summed E-state index contributed by atoms with van der Waals surface area (Å²) in [7, 11) is -4.65. The smallest absolute Gasteiger partial charge is 0.277 e. The van der Waals surface area contributed by atoms with Gasteiger partial charge in [-0.15, -0.1) is 0 Å². The number of ketones is 1. The zero-order valence-electron chi connectivity index (χ0n) is 38.7. The van der Waals surface area contributed by atoms with E-state index in [1.54, 1.807) is 30.5 Å². The molecule has 14 nitrogen and oxygen atoms in total. The second-order valence-corrected chi connectivity index (χ2v) is 21.9. The topological polar surface area (TPSA) is 177 Å². The van der Waals surface area contributed by atoms with Crippen LogP contribution in [0, 0.1) is 27.4 Å². The predicted octanol–water partition coefficient (Wildman–Crippen LogP) is 10.7. The molecular weight excluding hydrogens is 904 g/mol. The molecule has 2 aromatic heterocycles. The summed E-state index contributed by atoms with van der Waals surface area (Å²) in [6.45, 7) is 8.81. The van der Waals surface area contributed by atoms with Crippen molar-refractivity contribution in [1.82, 2.24) is 19.6 Å². The monoisotopic (exact) mass is 962 g/mol. The summed E-state index contributed by atoms with van der Waals surface area (Å²) >= 11 is 6.25. The molecule has 0 unspecified atom stereocenters. The molecule has 358 valence electrons. The molecular formula is C52H59ClN6O8S. The molecule has 0 bridgehead atoms. The van der Waals surface area contributed by atoms with Crippen LogP contribution in [0.15, 0.2) is 89.6 Å². The number of fused-ring (bicyclic) bond motifs is 2. The number of ether oxygens (including phenoxy) is 2. The Bertz CT molecular complexity index is 2850. The average Bonchev–Trinajstić information content (AvgIpc) is 3.80. The van der Waals surface area contributed by atoms with Crippen molar-refractivity contribution in [3.8, 4) is 17.2 Å². The molecule has 16 heteroatoms. The number of nitrogens with zero attached hydrogens (tertiary/aromatic N) is 4. The highest BCUT2D eigenvalue weighted by Crippen LogP contribution is 2.44. The predicted molar refractivity (Wildman–Crippen MR) is 263 cm³/mol. The number of piperazine rings is 1. The van der Waals surface area contributed by atoms with Crippen molar-refractivity contribution in [2.75, 3.05) is 44.2 Å². The van der Waals surface area contributed by atoms with E-state index in [9.17, 15) is 28.1 Å². The van der Waals surface area contributed by atoms with Crippen molar-refractivity contribution in [3.63, 3.8) is 0 Å². The Morgan fingerprint density at radius 1 is 1.01 bits per heavy atom. The molecule has 2 aliphatic heterocycles. The van der Waals surface area contributed by atoms with Crippen LogP contribution in [-0.4, -0.2) is 79.2 Å². The molecule has 2 fully saturated rings. The third kappa shape index (κ3) is 10.9. The van der Waals surface area contributed by atoms with Gasteiger partial charge in [0.15, 0.2) is 0 Å². The second kappa shape index (κ2) is 20.1. The number of allylic oxidation sites excluding steroid dienone is 1. The van der Waals surface area contributed by atoms with E-state index >= 15 is 0 Å².